The first-order chi connectivity index (χ1) is 17.7. The van der Waals surface area contributed by atoms with Crippen molar-refractivity contribution >= 4 is 50.5 Å². The summed E-state index contributed by atoms with van der Waals surface area (Å²) in [6.45, 7) is 1.49. The van der Waals surface area contributed by atoms with Crippen LogP contribution in [0.25, 0.3) is 0 Å². The number of benzene rings is 4. The van der Waals surface area contributed by atoms with Crippen LogP contribution in [-0.4, -0.2) is 22.9 Å². The maximum absolute atomic E-state index is 13.5. The van der Waals surface area contributed by atoms with E-state index in [2.05, 4.69) is 0 Å². The zero-order chi connectivity index (χ0) is 26.7. The van der Waals surface area contributed by atoms with E-state index < -0.39 is 21.4 Å². The van der Waals surface area contributed by atoms with Gasteiger partial charge in [0.05, 0.1) is 12.7 Å². The Morgan fingerprint density at radius 1 is 0.676 bits per heavy atom. The standard InChI is InChI=1S/C30H30O3S4/c1-21(20-31)33-28(22-12-4-2-5-13-22,23-14-6-3-7-15-23)29(32,24-16-8-10-18-26(24)34)30(36,37)25-17-9-11-19-27(25)35/h2-19,21,31-32,34-37H,20H2,1H3. The van der Waals surface area contributed by atoms with Crippen molar-refractivity contribution in [3.05, 3.63) is 131 Å². The van der Waals surface area contributed by atoms with Crippen LogP contribution in [0.1, 0.15) is 29.2 Å². The molecule has 3 nitrogen and oxygen atoms in total. The zero-order valence-electron chi connectivity index (χ0n) is 20.3. The number of hydrogen-bond donors (Lipinski definition) is 6. The molecule has 4 rings (SSSR count). The first kappa shape index (κ1) is 28.2. The number of thiol groups is 4. The fourth-order valence-electron chi connectivity index (χ4n) is 4.86. The third-order valence-corrected chi connectivity index (χ3v) is 8.49. The van der Waals surface area contributed by atoms with Crippen LogP contribution in [0.4, 0.5) is 0 Å². The Labute approximate surface area is 240 Å². The van der Waals surface area contributed by atoms with Crippen molar-refractivity contribution in [3.63, 3.8) is 0 Å². The maximum atomic E-state index is 13.5. The SMILES string of the molecule is CC(CO)OC(c1ccccc1)(c1ccccc1)C(O)(c1ccccc1S)C(S)(S)c1ccccc1S. The highest BCUT2D eigenvalue weighted by atomic mass is 32.2. The van der Waals surface area contributed by atoms with Crippen LogP contribution in [0.3, 0.4) is 0 Å². The molecule has 0 saturated carbocycles. The van der Waals surface area contributed by atoms with Crippen molar-refractivity contribution in [2.75, 3.05) is 6.61 Å². The molecule has 0 bridgehead atoms. The van der Waals surface area contributed by atoms with E-state index in [1.54, 1.807) is 13.0 Å². The summed E-state index contributed by atoms with van der Waals surface area (Å²) in [6.07, 6.45) is -0.664. The normalized spacial score (nSPS) is 14.7. The van der Waals surface area contributed by atoms with Crippen LogP contribution in [0.5, 0.6) is 0 Å². The van der Waals surface area contributed by atoms with Gasteiger partial charge in [0.15, 0.2) is 11.2 Å². The highest BCUT2D eigenvalue weighted by Gasteiger charge is 2.65. The minimum absolute atomic E-state index is 0.269. The molecule has 0 aliphatic rings. The van der Waals surface area contributed by atoms with Gasteiger partial charge in [0.1, 0.15) is 4.08 Å². The van der Waals surface area contributed by atoms with E-state index in [0.29, 0.717) is 32.0 Å². The predicted octanol–water partition coefficient (Wildman–Crippen LogP) is 6.51. The van der Waals surface area contributed by atoms with E-state index in [1.807, 2.05) is 103 Å². The summed E-state index contributed by atoms with van der Waals surface area (Å²) >= 11 is 19.7. The third kappa shape index (κ3) is 4.87. The lowest BCUT2D eigenvalue weighted by atomic mass is 9.66. The Hall–Kier alpha value is -1.84. The molecule has 0 fully saturated rings. The molecular formula is C30H30O3S4. The van der Waals surface area contributed by atoms with Gasteiger partial charge in [-0.25, -0.2) is 0 Å². The topological polar surface area (TPSA) is 49.7 Å². The van der Waals surface area contributed by atoms with Crippen molar-refractivity contribution in [1.29, 1.82) is 0 Å². The molecule has 192 valence electrons. The lowest BCUT2D eigenvalue weighted by Gasteiger charge is -2.55. The Morgan fingerprint density at radius 3 is 1.51 bits per heavy atom. The predicted molar refractivity (Wildman–Crippen MR) is 162 cm³/mol. The molecule has 0 heterocycles. The summed E-state index contributed by atoms with van der Waals surface area (Å²) in [4.78, 5) is 1.14. The van der Waals surface area contributed by atoms with Crippen molar-refractivity contribution in [1.82, 2.24) is 0 Å². The molecule has 0 spiro atoms. The van der Waals surface area contributed by atoms with Gasteiger partial charge in [-0.3, -0.25) is 0 Å². The zero-order valence-corrected chi connectivity index (χ0v) is 23.8. The van der Waals surface area contributed by atoms with E-state index in [0.717, 1.165) is 0 Å². The summed E-state index contributed by atoms with van der Waals surface area (Å²) < 4.78 is 5.25. The summed E-state index contributed by atoms with van der Waals surface area (Å²) in [5.41, 5.74) is -1.25. The molecule has 4 aromatic rings. The van der Waals surface area contributed by atoms with E-state index in [1.165, 1.54) is 0 Å². The molecule has 4 aromatic carbocycles. The van der Waals surface area contributed by atoms with Crippen LogP contribution in [0, 0.1) is 0 Å². The van der Waals surface area contributed by atoms with Gasteiger partial charge < -0.3 is 14.9 Å². The van der Waals surface area contributed by atoms with Crippen molar-refractivity contribution < 1.29 is 14.9 Å². The monoisotopic (exact) mass is 566 g/mol. The van der Waals surface area contributed by atoms with Gasteiger partial charge in [0.2, 0.25) is 0 Å². The van der Waals surface area contributed by atoms with Crippen LogP contribution < -0.4 is 0 Å². The third-order valence-electron chi connectivity index (χ3n) is 6.58. The summed E-state index contributed by atoms with van der Waals surface area (Å²) in [5, 5.41) is 23.7. The molecule has 2 atom stereocenters. The molecule has 2 unspecified atom stereocenters. The molecular weight excluding hydrogens is 537 g/mol. The largest absolute Gasteiger partial charge is 0.394 e. The molecule has 7 heteroatoms. The second-order valence-corrected chi connectivity index (χ2v) is 11.6. The minimum atomic E-state index is -2.00. The van der Waals surface area contributed by atoms with Crippen LogP contribution >= 0.6 is 50.5 Å². The Kier molecular flexibility index (Phi) is 8.75. The number of aliphatic hydroxyl groups is 2. The van der Waals surface area contributed by atoms with Gasteiger partial charge in [0.25, 0.3) is 0 Å². The molecule has 0 aliphatic carbocycles. The van der Waals surface area contributed by atoms with Crippen LogP contribution in [-0.2, 0) is 20.0 Å². The lowest BCUT2D eigenvalue weighted by molar-refractivity contribution is -0.207. The molecule has 0 aliphatic heterocycles. The van der Waals surface area contributed by atoms with Gasteiger partial charge in [-0.1, -0.05) is 97.1 Å². The van der Waals surface area contributed by atoms with Gasteiger partial charge in [-0.15, -0.1) is 25.3 Å². The lowest BCUT2D eigenvalue weighted by Crippen LogP contribution is -2.61. The average molecular weight is 567 g/mol. The number of ether oxygens (including phenoxy) is 1. The fourth-order valence-corrected chi connectivity index (χ4v) is 6.63. The highest BCUT2D eigenvalue weighted by Crippen LogP contribution is 2.62. The molecule has 0 aromatic heterocycles. The van der Waals surface area contributed by atoms with E-state index in [-0.39, 0.29) is 6.61 Å². The van der Waals surface area contributed by atoms with Gasteiger partial charge in [0, 0.05) is 15.4 Å². The van der Waals surface area contributed by atoms with E-state index in [9.17, 15) is 10.2 Å². The number of rotatable bonds is 9. The van der Waals surface area contributed by atoms with Crippen LogP contribution in [0.2, 0.25) is 0 Å². The quantitative estimate of drug-likeness (QED) is 0.104. The molecule has 2 N–H and O–H groups in total. The van der Waals surface area contributed by atoms with E-state index >= 15 is 0 Å². The molecule has 0 saturated heterocycles. The Bertz CT molecular complexity index is 1290. The van der Waals surface area contributed by atoms with Gasteiger partial charge in [-0.2, -0.15) is 25.3 Å². The number of hydrogen-bond acceptors (Lipinski definition) is 7. The molecule has 37 heavy (non-hydrogen) atoms. The van der Waals surface area contributed by atoms with Crippen LogP contribution in [0.15, 0.2) is 119 Å². The Balaban J connectivity index is 2.24. The van der Waals surface area contributed by atoms with Crippen molar-refractivity contribution in [2.45, 2.75) is 38.1 Å². The second-order valence-electron chi connectivity index (χ2n) is 8.94. The number of aliphatic hydroxyl groups excluding tert-OH is 1. The summed E-state index contributed by atoms with van der Waals surface area (Å²) in [7, 11) is 0. The highest BCUT2D eigenvalue weighted by molar-refractivity contribution is 8.00. The minimum Gasteiger partial charge on any atom is -0.394 e. The molecule has 0 amide bonds. The maximum Gasteiger partial charge on any atom is 0.155 e. The van der Waals surface area contributed by atoms with Gasteiger partial charge in [-0.05, 0) is 35.7 Å². The summed E-state index contributed by atoms with van der Waals surface area (Å²) in [6, 6.07) is 33.6. The van der Waals surface area contributed by atoms with Crippen molar-refractivity contribution in [3.8, 4) is 0 Å². The fraction of sp³-hybridized carbons (Fsp3) is 0.200. The van der Waals surface area contributed by atoms with E-state index in [4.69, 9.17) is 55.3 Å². The summed E-state index contributed by atoms with van der Waals surface area (Å²) in [5.74, 6) is 0. The Morgan fingerprint density at radius 2 is 1.08 bits per heavy atom. The first-order valence-electron chi connectivity index (χ1n) is 11.8. The van der Waals surface area contributed by atoms with Crippen molar-refractivity contribution in [2.24, 2.45) is 0 Å². The average Bonchev–Trinajstić information content (AvgIpc) is 2.92. The van der Waals surface area contributed by atoms with Gasteiger partial charge >= 0.3 is 0 Å². The first-order valence-corrected chi connectivity index (χ1v) is 13.6. The smallest absolute Gasteiger partial charge is 0.155 e. The second kappa shape index (κ2) is 11.5. The molecule has 0 radical (unpaired) electrons.